The Kier molecular flexibility index (Phi) is 6.47. The fourth-order valence-corrected chi connectivity index (χ4v) is 3.84. The highest BCUT2D eigenvalue weighted by Crippen LogP contribution is 2.27. The van der Waals surface area contributed by atoms with Gasteiger partial charge in [-0.25, -0.2) is 9.78 Å². The normalized spacial score (nSPS) is 10.9. The van der Waals surface area contributed by atoms with E-state index in [0.29, 0.717) is 44.5 Å². The van der Waals surface area contributed by atoms with Crippen LogP contribution < -0.4 is 10.3 Å². The van der Waals surface area contributed by atoms with Crippen LogP contribution in [0.25, 0.3) is 10.2 Å². The molecule has 0 aliphatic rings. The minimum absolute atomic E-state index is 0.117. The molecule has 1 aromatic carbocycles. The highest BCUT2D eigenvalue weighted by atomic mass is 35.5. The average Bonchev–Trinajstić information content (AvgIpc) is 3.01. The number of carbonyl (C=O) groups excluding carboxylic acids is 1. The third-order valence-corrected chi connectivity index (χ3v) is 5.34. The molecule has 142 valence electrons. The van der Waals surface area contributed by atoms with Crippen molar-refractivity contribution in [2.24, 2.45) is 0 Å². The van der Waals surface area contributed by atoms with Gasteiger partial charge in [-0.3, -0.25) is 4.79 Å². The molecule has 0 fully saturated rings. The maximum atomic E-state index is 12.4. The lowest BCUT2D eigenvalue weighted by molar-refractivity contribution is 0.0455. The quantitative estimate of drug-likeness (QED) is 0.350. The molecule has 2 aromatic heterocycles. The maximum absolute atomic E-state index is 12.4. The summed E-state index contributed by atoms with van der Waals surface area (Å²) in [6.07, 6.45) is 1.30. The van der Waals surface area contributed by atoms with E-state index in [1.54, 1.807) is 6.92 Å². The number of rotatable bonds is 8. The SMILES string of the molecule is Cc1c(C(=O)OCCOc2ccccc2)sc2nc(CCCCl)[nH]c(=O)c12. The van der Waals surface area contributed by atoms with Crippen molar-refractivity contribution in [1.29, 1.82) is 0 Å². The Hall–Kier alpha value is -2.38. The number of nitrogens with zero attached hydrogens (tertiary/aromatic N) is 1. The van der Waals surface area contributed by atoms with E-state index in [1.807, 2.05) is 30.3 Å². The van der Waals surface area contributed by atoms with E-state index in [0.717, 1.165) is 6.42 Å². The highest BCUT2D eigenvalue weighted by molar-refractivity contribution is 7.20. The predicted molar refractivity (Wildman–Crippen MR) is 106 cm³/mol. The molecule has 0 saturated heterocycles. The number of esters is 1. The lowest BCUT2D eigenvalue weighted by Gasteiger charge is -2.06. The predicted octanol–water partition coefficient (Wildman–Crippen LogP) is 3.70. The number of aromatic nitrogens is 2. The Morgan fingerprint density at radius 1 is 1.26 bits per heavy atom. The van der Waals surface area contributed by atoms with Crippen molar-refractivity contribution in [2.45, 2.75) is 19.8 Å². The Bertz CT molecular complexity index is 985. The monoisotopic (exact) mass is 406 g/mol. The summed E-state index contributed by atoms with van der Waals surface area (Å²) in [4.78, 5) is 32.9. The van der Waals surface area contributed by atoms with Gasteiger partial charge in [-0.05, 0) is 31.0 Å². The largest absolute Gasteiger partial charge is 0.490 e. The summed E-state index contributed by atoms with van der Waals surface area (Å²) < 4.78 is 10.8. The van der Waals surface area contributed by atoms with Gasteiger partial charge in [-0.1, -0.05) is 18.2 Å². The number of ether oxygens (including phenoxy) is 2. The van der Waals surface area contributed by atoms with Gasteiger partial charge in [0.25, 0.3) is 5.56 Å². The van der Waals surface area contributed by atoms with E-state index >= 15 is 0 Å². The molecule has 0 saturated carbocycles. The lowest BCUT2D eigenvalue weighted by Crippen LogP contribution is -2.13. The van der Waals surface area contributed by atoms with Crippen LogP contribution in [0.1, 0.15) is 27.5 Å². The van der Waals surface area contributed by atoms with Crippen molar-refractivity contribution in [2.75, 3.05) is 19.1 Å². The number of aryl methyl sites for hydroxylation is 2. The molecule has 3 aromatic rings. The van der Waals surface area contributed by atoms with Gasteiger partial charge in [0.2, 0.25) is 0 Å². The van der Waals surface area contributed by atoms with E-state index in [-0.39, 0.29) is 18.8 Å². The third kappa shape index (κ3) is 4.67. The van der Waals surface area contributed by atoms with Gasteiger partial charge in [0.05, 0.1) is 5.39 Å². The lowest BCUT2D eigenvalue weighted by atomic mass is 10.2. The molecule has 1 N–H and O–H groups in total. The number of carbonyl (C=O) groups is 1. The summed E-state index contributed by atoms with van der Waals surface area (Å²) in [5.74, 6) is 1.31. The highest BCUT2D eigenvalue weighted by Gasteiger charge is 2.20. The van der Waals surface area contributed by atoms with Crippen LogP contribution in [0.3, 0.4) is 0 Å². The summed E-state index contributed by atoms with van der Waals surface area (Å²) in [6, 6.07) is 9.30. The van der Waals surface area contributed by atoms with Crippen molar-refractivity contribution in [3.05, 3.63) is 57.0 Å². The second-order valence-corrected chi connectivity index (χ2v) is 7.22. The number of benzene rings is 1. The summed E-state index contributed by atoms with van der Waals surface area (Å²) >= 11 is 6.86. The Morgan fingerprint density at radius 2 is 2.04 bits per heavy atom. The molecule has 8 heteroatoms. The second-order valence-electron chi connectivity index (χ2n) is 5.84. The molecule has 27 heavy (non-hydrogen) atoms. The summed E-state index contributed by atoms with van der Waals surface area (Å²) in [6.45, 7) is 2.10. The number of nitrogens with one attached hydrogen (secondary N) is 1. The number of aromatic amines is 1. The Balaban J connectivity index is 1.68. The topological polar surface area (TPSA) is 81.3 Å². The van der Waals surface area contributed by atoms with Crippen LogP contribution in [0.5, 0.6) is 5.75 Å². The van der Waals surface area contributed by atoms with Gasteiger partial charge >= 0.3 is 5.97 Å². The van der Waals surface area contributed by atoms with Crippen LogP contribution in [0.15, 0.2) is 35.1 Å². The zero-order valence-electron chi connectivity index (χ0n) is 14.8. The molecule has 0 aliphatic carbocycles. The standard InChI is InChI=1S/C19H19ClN2O4S/c1-12-15-17(23)21-14(8-5-9-20)22-18(15)27-16(12)19(24)26-11-10-25-13-6-3-2-4-7-13/h2-4,6-7H,5,8-11H2,1H3,(H,21,22,23). The fourth-order valence-electron chi connectivity index (χ4n) is 2.61. The van der Waals surface area contributed by atoms with Crippen LogP contribution in [-0.4, -0.2) is 35.0 Å². The number of H-pyrrole nitrogens is 1. The molecular weight excluding hydrogens is 388 g/mol. The molecule has 0 bridgehead atoms. The maximum Gasteiger partial charge on any atom is 0.348 e. The van der Waals surface area contributed by atoms with E-state index in [9.17, 15) is 9.59 Å². The molecule has 0 unspecified atom stereocenters. The summed E-state index contributed by atoms with van der Waals surface area (Å²) in [7, 11) is 0. The molecule has 0 radical (unpaired) electrons. The number of para-hydroxylation sites is 1. The molecular formula is C19H19ClN2O4S. The number of thiophene rings is 1. The van der Waals surface area contributed by atoms with Crippen LogP contribution in [0, 0.1) is 6.92 Å². The fraction of sp³-hybridized carbons (Fsp3) is 0.316. The van der Waals surface area contributed by atoms with Gasteiger partial charge in [0.1, 0.15) is 34.5 Å². The van der Waals surface area contributed by atoms with Crippen LogP contribution >= 0.6 is 22.9 Å². The van der Waals surface area contributed by atoms with Gasteiger partial charge in [-0.15, -0.1) is 22.9 Å². The zero-order chi connectivity index (χ0) is 19.2. The number of alkyl halides is 1. The van der Waals surface area contributed by atoms with Crippen molar-refractivity contribution in [3.8, 4) is 5.75 Å². The number of halogens is 1. The van der Waals surface area contributed by atoms with Crippen molar-refractivity contribution in [3.63, 3.8) is 0 Å². The van der Waals surface area contributed by atoms with E-state index in [2.05, 4.69) is 9.97 Å². The van der Waals surface area contributed by atoms with E-state index in [1.165, 1.54) is 11.3 Å². The Labute approximate surface area is 165 Å². The van der Waals surface area contributed by atoms with Crippen molar-refractivity contribution in [1.82, 2.24) is 9.97 Å². The first-order valence-corrected chi connectivity index (χ1v) is 9.88. The third-order valence-electron chi connectivity index (χ3n) is 3.91. The minimum atomic E-state index is -0.478. The van der Waals surface area contributed by atoms with Crippen LogP contribution in [0.2, 0.25) is 0 Å². The summed E-state index contributed by atoms with van der Waals surface area (Å²) in [5, 5.41) is 0.433. The molecule has 0 aliphatic heterocycles. The molecule has 2 heterocycles. The molecule has 0 amide bonds. The molecule has 0 spiro atoms. The number of hydrogen-bond donors (Lipinski definition) is 1. The van der Waals surface area contributed by atoms with Gasteiger partial charge < -0.3 is 14.5 Å². The van der Waals surface area contributed by atoms with Crippen LogP contribution in [0.4, 0.5) is 0 Å². The first-order valence-electron chi connectivity index (χ1n) is 8.53. The second kappa shape index (κ2) is 9.01. The molecule has 0 atom stereocenters. The molecule has 3 rings (SSSR count). The molecule has 6 nitrogen and oxygen atoms in total. The zero-order valence-corrected chi connectivity index (χ0v) is 16.4. The first kappa shape index (κ1) is 19.4. The van der Waals surface area contributed by atoms with Crippen molar-refractivity contribution >= 4 is 39.1 Å². The van der Waals surface area contributed by atoms with Crippen LogP contribution in [-0.2, 0) is 11.2 Å². The number of fused-ring (bicyclic) bond motifs is 1. The van der Waals surface area contributed by atoms with E-state index < -0.39 is 5.97 Å². The summed E-state index contributed by atoms with van der Waals surface area (Å²) in [5.41, 5.74) is 0.339. The smallest absolute Gasteiger partial charge is 0.348 e. The van der Waals surface area contributed by atoms with Gasteiger partial charge in [-0.2, -0.15) is 0 Å². The van der Waals surface area contributed by atoms with Gasteiger partial charge in [0, 0.05) is 12.3 Å². The van der Waals surface area contributed by atoms with Gasteiger partial charge in [0.15, 0.2) is 0 Å². The average molecular weight is 407 g/mol. The first-order chi connectivity index (χ1) is 13.1. The van der Waals surface area contributed by atoms with E-state index in [4.69, 9.17) is 21.1 Å². The minimum Gasteiger partial charge on any atom is -0.490 e. The Morgan fingerprint density at radius 3 is 2.78 bits per heavy atom. The number of hydrogen-bond acceptors (Lipinski definition) is 6. The van der Waals surface area contributed by atoms with Crippen molar-refractivity contribution < 1.29 is 14.3 Å².